The van der Waals surface area contributed by atoms with Gasteiger partial charge in [-0.3, -0.25) is 4.79 Å². The lowest BCUT2D eigenvalue weighted by molar-refractivity contribution is -0.117. The highest BCUT2D eigenvalue weighted by Crippen LogP contribution is 2.40. The third-order valence-corrected chi connectivity index (χ3v) is 4.73. The van der Waals surface area contributed by atoms with Gasteiger partial charge in [0, 0.05) is 12.1 Å². The van der Waals surface area contributed by atoms with Crippen LogP contribution in [0.1, 0.15) is 50.5 Å². The monoisotopic (exact) mass is 345 g/mol. The van der Waals surface area contributed by atoms with Gasteiger partial charge in [0.15, 0.2) is 11.5 Å². The van der Waals surface area contributed by atoms with Gasteiger partial charge >= 0.3 is 0 Å². The molecule has 0 saturated heterocycles. The summed E-state index contributed by atoms with van der Waals surface area (Å²) >= 11 is 0. The summed E-state index contributed by atoms with van der Waals surface area (Å²) in [4.78, 5) is 12.2. The van der Waals surface area contributed by atoms with Crippen LogP contribution >= 0.6 is 0 Å². The quantitative estimate of drug-likeness (QED) is 0.845. The number of rotatable bonds is 4. The van der Waals surface area contributed by atoms with Gasteiger partial charge in [-0.15, -0.1) is 0 Å². The zero-order chi connectivity index (χ0) is 17.5. The standard InChI is InChI=1S/C20H27NO4/c1-23-17-13-15(14-18-20(17)25-12-11-24-18)9-10-19(22)21-16-7-5-3-2-4-6-8-16/h9-10,13-14,16H,2-8,11-12H2,1H3,(H,21,22). The molecule has 5 heteroatoms. The molecule has 0 aromatic heterocycles. The molecule has 2 aliphatic rings. The van der Waals surface area contributed by atoms with E-state index in [-0.39, 0.29) is 5.91 Å². The molecule has 1 heterocycles. The molecular formula is C20H27NO4. The predicted molar refractivity (Wildman–Crippen MR) is 97.3 cm³/mol. The maximum Gasteiger partial charge on any atom is 0.244 e. The molecule has 136 valence electrons. The Morgan fingerprint density at radius 2 is 1.84 bits per heavy atom. The first-order chi connectivity index (χ1) is 12.3. The molecule has 0 bridgehead atoms. The van der Waals surface area contributed by atoms with Crippen molar-refractivity contribution in [1.29, 1.82) is 0 Å². The number of methoxy groups -OCH3 is 1. The lowest BCUT2D eigenvalue weighted by atomic mass is 9.97. The van der Waals surface area contributed by atoms with Crippen molar-refractivity contribution in [3.63, 3.8) is 0 Å². The van der Waals surface area contributed by atoms with E-state index in [0.717, 1.165) is 18.4 Å². The van der Waals surface area contributed by atoms with Gasteiger partial charge in [0.1, 0.15) is 13.2 Å². The molecule has 0 atom stereocenters. The molecule has 1 aliphatic carbocycles. The van der Waals surface area contributed by atoms with Crippen LogP contribution in [-0.4, -0.2) is 32.3 Å². The van der Waals surface area contributed by atoms with Crippen molar-refractivity contribution < 1.29 is 19.0 Å². The molecule has 25 heavy (non-hydrogen) atoms. The lowest BCUT2D eigenvalue weighted by Crippen LogP contribution is -2.34. The minimum absolute atomic E-state index is 0.0422. The highest BCUT2D eigenvalue weighted by molar-refractivity contribution is 5.92. The van der Waals surface area contributed by atoms with Gasteiger partial charge in [-0.1, -0.05) is 32.1 Å². The summed E-state index contributed by atoms with van der Waals surface area (Å²) < 4.78 is 16.6. The minimum Gasteiger partial charge on any atom is -0.493 e. The van der Waals surface area contributed by atoms with Crippen LogP contribution in [0.25, 0.3) is 6.08 Å². The molecule has 3 rings (SSSR count). The van der Waals surface area contributed by atoms with Crippen LogP contribution < -0.4 is 19.5 Å². The molecule has 1 fully saturated rings. The summed E-state index contributed by atoms with van der Waals surface area (Å²) in [5, 5.41) is 3.13. The smallest absolute Gasteiger partial charge is 0.244 e. The number of ether oxygens (including phenoxy) is 3. The van der Waals surface area contributed by atoms with E-state index in [1.165, 1.54) is 32.1 Å². The maximum absolute atomic E-state index is 12.2. The van der Waals surface area contributed by atoms with Crippen LogP contribution in [0.15, 0.2) is 18.2 Å². The Balaban J connectivity index is 1.63. The highest BCUT2D eigenvalue weighted by atomic mass is 16.6. The fourth-order valence-electron chi connectivity index (χ4n) is 3.41. The third-order valence-electron chi connectivity index (χ3n) is 4.73. The second-order valence-corrected chi connectivity index (χ2v) is 6.63. The molecule has 0 radical (unpaired) electrons. The van der Waals surface area contributed by atoms with Gasteiger partial charge in [0.05, 0.1) is 7.11 Å². The number of amides is 1. The first-order valence-corrected chi connectivity index (χ1v) is 9.22. The van der Waals surface area contributed by atoms with Crippen LogP contribution in [0.5, 0.6) is 17.2 Å². The minimum atomic E-state index is -0.0422. The molecule has 5 nitrogen and oxygen atoms in total. The topological polar surface area (TPSA) is 56.8 Å². The summed E-state index contributed by atoms with van der Waals surface area (Å²) in [6, 6.07) is 4.02. The SMILES string of the molecule is COc1cc(C=CC(=O)NC2CCCCCCC2)cc2c1OCCO2. The normalized spacial score (nSPS) is 18.4. The molecule has 1 amide bonds. The highest BCUT2D eigenvalue weighted by Gasteiger charge is 2.18. The predicted octanol–water partition coefficient (Wildman–Crippen LogP) is 3.71. The number of carbonyl (C=O) groups is 1. The molecule has 0 unspecified atom stereocenters. The zero-order valence-electron chi connectivity index (χ0n) is 14.9. The van der Waals surface area contributed by atoms with E-state index in [1.54, 1.807) is 19.3 Å². The van der Waals surface area contributed by atoms with E-state index in [4.69, 9.17) is 14.2 Å². The number of nitrogens with one attached hydrogen (secondary N) is 1. The van der Waals surface area contributed by atoms with Gasteiger partial charge in [-0.2, -0.15) is 0 Å². The van der Waals surface area contributed by atoms with E-state index in [2.05, 4.69) is 5.32 Å². The second kappa shape index (κ2) is 8.79. The Labute approximate surface area is 149 Å². The van der Waals surface area contributed by atoms with Crippen molar-refractivity contribution in [2.45, 2.75) is 51.0 Å². The first-order valence-electron chi connectivity index (χ1n) is 9.22. The number of benzene rings is 1. The van der Waals surface area contributed by atoms with Crippen molar-refractivity contribution in [3.8, 4) is 17.2 Å². The second-order valence-electron chi connectivity index (χ2n) is 6.63. The molecular weight excluding hydrogens is 318 g/mol. The number of fused-ring (bicyclic) bond motifs is 1. The molecule has 1 aromatic rings. The van der Waals surface area contributed by atoms with E-state index in [1.807, 2.05) is 12.1 Å². The molecule has 1 aromatic carbocycles. The fourth-order valence-corrected chi connectivity index (χ4v) is 3.41. The third kappa shape index (κ3) is 4.91. The van der Waals surface area contributed by atoms with Gasteiger partial charge < -0.3 is 19.5 Å². The van der Waals surface area contributed by atoms with E-state index in [0.29, 0.717) is 36.5 Å². The average Bonchev–Trinajstić information content (AvgIpc) is 2.61. The Morgan fingerprint density at radius 1 is 1.12 bits per heavy atom. The Bertz CT molecular complexity index is 601. The van der Waals surface area contributed by atoms with E-state index < -0.39 is 0 Å². The molecule has 0 spiro atoms. The van der Waals surface area contributed by atoms with Crippen LogP contribution in [-0.2, 0) is 4.79 Å². The Kier molecular flexibility index (Phi) is 6.20. The van der Waals surface area contributed by atoms with Gasteiger partial charge in [0.25, 0.3) is 0 Å². The van der Waals surface area contributed by atoms with Gasteiger partial charge in [-0.05, 0) is 36.6 Å². The summed E-state index contributed by atoms with van der Waals surface area (Å²) in [6.45, 7) is 1.04. The summed E-state index contributed by atoms with van der Waals surface area (Å²) in [5.41, 5.74) is 0.855. The largest absolute Gasteiger partial charge is 0.493 e. The van der Waals surface area contributed by atoms with Gasteiger partial charge in [-0.25, -0.2) is 0 Å². The fraction of sp³-hybridized carbons (Fsp3) is 0.550. The first kappa shape index (κ1) is 17.6. The molecule has 1 N–H and O–H groups in total. The Hall–Kier alpha value is -2.17. The average molecular weight is 345 g/mol. The van der Waals surface area contributed by atoms with E-state index >= 15 is 0 Å². The number of carbonyl (C=O) groups excluding carboxylic acids is 1. The molecule has 1 saturated carbocycles. The van der Waals surface area contributed by atoms with E-state index in [9.17, 15) is 4.79 Å². The van der Waals surface area contributed by atoms with Crippen molar-refractivity contribution >= 4 is 12.0 Å². The summed E-state index contributed by atoms with van der Waals surface area (Å²) in [7, 11) is 1.60. The van der Waals surface area contributed by atoms with Gasteiger partial charge in [0.2, 0.25) is 11.7 Å². The zero-order valence-corrected chi connectivity index (χ0v) is 14.9. The number of hydrogen-bond acceptors (Lipinski definition) is 4. The van der Waals surface area contributed by atoms with Crippen molar-refractivity contribution in [3.05, 3.63) is 23.8 Å². The van der Waals surface area contributed by atoms with Crippen molar-refractivity contribution in [2.24, 2.45) is 0 Å². The molecule has 1 aliphatic heterocycles. The van der Waals surface area contributed by atoms with Crippen molar-refractivity contribution in [1.82, 2.24) is 5.32 Å². The van der Waals surface area contributed by atoms with Crippen LogP contribution in [0, 0.1) is 0 Å². The Morgan fingerprint density at radius 3 is 2.60 bits per heavy atom. The maximum atomic E-state index is 12.2. The number of hydrogen-bond donors (Lipinski definition) is 1. The summed E-state index contributed by atoms with van der Waals surface area (Å²) in [5.74, 6) is 1.87. The van der Waals surface area contributed by atoms with Crippen molar-refractivity contribution in [2.75, 3.05) is 20.3 Å². The lowest BCUT2D eigenvalue weighted by Gasteiger charge is -2.21. The van der Waals surface area contributed by atoms with Crippen LogP contribution in [0.4, 0.5) is 0 Å². The van der Waals surface area contributed by atoms with Crippen LogP contribution in [0.2, 0.25) is 0 Å². The summed E-state index contributed by atoms with van der Waals surface area (Å²) in [6.07, 6.45) is 11.8. The van der Waals surface area contributed by atoms with Crippen LogP contribution in [0.3, 0.4) is 0 Å².